The van der Waals surface area contributed by atoms with Crippen LogP contribution in [0.2, 0.25) is 0 Å². The number of hydrogen-bond donors (Lipinski definition) is 1. The number of hydrogen-bond acceptors (Lipinski definition) is 2. The van der Waals surface area contributed by atoms with Crippen molar-refractivity contribution < 1.29 is 13.5 Å². The molecule has 1 aromatic carbocycles. The van der Waals surface area contributed by atoms with Crippen LogP contribution in [0.4, 0.5) is 8.78 Å². The molecule has 16 heavy (non-hydrogen) atoms. The summed E-state index contributed by atoms with van der Waals surface area (Å²) in [5.41, 5.74) is 6.58. The highest BCUT2D eigenvalue weighted by atomic mass is 19.3. The summed E-state index contributed by atoms with van der Waals surface area (Å²) >= 11 is 0. The first-order valence-electron chi connectivity index (χ1n) is 5.30. The van der Waals surface area contributed by atoms with Crippen molar-refractivity contribution in [2.45, 2.75) is 32.9 Å². The molecule has 0 aliphatic carbocycles. The summed E-state index contributed by atoms with van der Waals surface area (Å²) in [4.78, 5) is 0. The van der Waals surface area contributed by atoms with E-state index in [1.54, 1.807) is 18.2 Å². The molecule has 2 N–H and O–H groups in total. The Morgan fingerprint density at radius 3 is 2.44 bits per heavy atom. The van der Waals surface area contributed by atoms with Gasteiger partial charge in [-0.2, -0.15) is 8.78 Å². The molecule has 2 nitrogen and oxygen atoms in total. The number of ether oxygens (including phenoxy) is 1. The monoisotopic (exact) mass is 229 g/mol. The van der Waals surface area contributed by atoms with Crippen LogP contribution >= 0.6 is 0 Å². The van der Waals surface area contributed by atoms with Crippen LogP contribution in [0, 0.1) is 5.92 Å². The largest absolute Gasteiger partial charge is 0.434 e. The lowest BCUT2D eigenvalue weighted by Gasteiger charge is -2.18. The van der Waals surface area contributed by atoms with E-state index in [-0.39, 0.29) is 11.8 Å². The van der Waals surface area contributed by atoms with E-state index in [0.717, 1.165) is 6.42 Å². The molecule has 1 rings (SSSR count). The first-order valence-corrected chi connectivity index (χ1v) is 5.30. The molecule has 0 fully saturated rings. The summed E-state index contributed by atoms with van der Waals surface area (Å²) < 4.78 is 28.8. The van der Waals surface area contributed by atoms with Gasteiger partial charge in [-0.3, -0.25) is 0 Å². The average molecular weight is 229 g/mol. The Balaban J connectivity index is 2.85. The van der Waals surface area contributed by atoms with E-state index in [0.29, 0.717) is 11.5 Å². The highest BCUT2D eigenvalue weighted by molar-refractivity contribution is 5.35. The van der Waals surface area contributed by atoms with Crippen molar-refractivity contribution in [2.75, 3.05) is 0 Å². The number of benzene rings is 1. The maximum Gasteiger partial charge on any atom is 0.387 e. The minimum atomic E-state index is -2.81. The van der Waals surface area contributed by atoms with Crippen LogP contribution in [-0.4, -0.2) is 6.61 Å². The van der Waals surface area contributed by atoms with Crippen molar-refractivity contribution in [1.29, 1.82) is 0 Å². The molecule has 0 saturated heterocycles. The third-order valence-electron chi connectivity index (χ3n) is 2.26. The summed E-state index contributed by atoms with van der Waals surface area (Å²) in [7, 11) is 0. The van der Waals surface area contributed by atoms with Crippen LogP contribution in [-0.2, 0) is 0 Å². The molecule has 0 saturated carbocycles. The second-order valence-corrected chi connectivity index (χ2v) is 4.15. The molecule has 4 heteroatoms. The molecule has 0 amide bonds. The van der Waals surface area contributed by atoms with Gasteiger partial charge in [0.1, 0.15) is 5.75 Å². The molecule has 0 aromatic heterocycles. The number of alkyl halides is 2. The molecular formula is C12H17F2NO. The average Bonchev–Trinajstić information content (AvgIpc) is 2.16. The number of para-hydroxylation sites is 1. The van der Waals surface area contributed by atoms with Crippen molar-refractivity contribution in [1.82, 2.24) is 0 Å². The zero-order chi connectivity index (χ0) is 12.1. The van der Waals surface area contributed by atoms with Gasteiger partial charge in [0.25, 0.3) is 0 Å². The first-order chi connectivity index (χ1) is 7.50. The number of halogens is 2. The topological polar surface area (TPSA) is 35.2 Å². The van der Waals surface area contributed by atoms with Gasteiger partial charge in [0, 0.05) is 11.6 Å². The van der Waals surface area contributed by atoms with Crippen LogP contribution in [0.15, 0.2) is 24.3 Å². The van der Waals surface area contributed by atoms with Crippen molar-refractivity contribution >= 4 is 0 Å². The van der Waals surface area contributed by atoms with Crippen LogP contribution in [0.1, 0.15) is 31.9 Å². The summed E-state index contributed by atoms with van der Waals surface area (Å²) in [5, 5.41) is 0. The normalized spacial score (nSPS) is 13.2. The number of nitrogens with two attached hydrogens (primary N) is 1. The van der Waals surface area contributed by atoms with Gasteiger partial charge in [0.15, 0.2) is 0 Å². The Morgan fingerprint density at radius 2 is 1.88 bits per heavy atom. The molecule has 0 unspecified atom stereocenters. The van der Waals surface area contributed by atoms with Crippen molar-refractivity contribution in [2.24, 2.45) is 11.7 Å². The Morgan fingerprint density at radius 1 is 1.25 bits per heavy atom. The van der Waals surface area contributed by atoms with Crippen molar-refractivity contribution in [3.05, 3.63) is 29.8 Å². The highest BCUT2D eigenvalue weighted by Crippen LogP contribution is 2.28. The van der Waals surface area contributed by atoms with E-state index >= 15 is 0 Å². The van der Waals surface area contributed by atoms with Crippen LogP contribution < -0.4 is 10.5 Å². The first kappa shape index (κ1) is 12.9. The van der Waals surface area contributed by atoms with E-state index < -0.39 is 6.61 Å². The summed E-state index contributed by atoms with van der Waals surface area (Å²) in [5.74, 6) is 0.584. The van der Waals surface area contributed by atoms with E-state index in [4.69, 9.17) is 5.73 Å². The molecule has 0 aliphatic rings. The summed E-state index contributed by atoms with van der Waals surface area (Å²) in [6.45, 7) is 1.26. The van der Waals surface area contributed by atoms with Gasteiger partial charge in [-0.05, 0) is 18.4 Å². The third-order valence-corrected chi connectivity index (χ3v) is 2.26. The smallest absolute Gasteiger partial charge is 0.387 e. The highest BCUT2D eigenvalue weighted by Gasteiger charge is 2.15. The second-order valence-electron chi connectivity index (χ2n) is 4.15. The van der Waals surface area contributed by atoms with Crippen molar-refractivity contribution in [3.63, 3.8) is 0 Å². The molecule has 90 valence electrons. The van der Waals surface area contributed by atoms with Crippen LogP contribution in [0.25, 0.3) is 0 Å². The van der Waals surface area contributed by atoms with Gasteiger partial charge >= 0.3 is 6.61 Å². The summed E-state index contributed by atoms with van der Waals surface area (Å²) in [6, 6.07) is 6.40. The van der Waals surface area contributed by atoms with Crippen molar-refractivity contribution in [3.8, 4) is 5.75 Å². The fraction of sp³-hybridized carbons (Fsp3) is 0.500. The minimum absolute atomic E-state index is 0.172. The van der Waals surface area contributed by atoms with E-state index in [2.05, 4.69) is 4.74 Å². The summed E-state index contributed by atoms with van der Waals surface area (Å²) in [6.07, 6.45) is 0.740. The molecule has 0 spiro atoms. The molecule has 0 heterocycles. The van der Waals surface area contributed by atoms with E-state index in [1.165, 1.54) is 6.07 Å². The maximum atomic E-state index is 12.2. The Hall–Kier alpha value is -1.16. The van der Waals surface area contributed by atoms with E-state index in [9.17, 15) is 8.78 Å². The van der Waals surface area contributed by atoms with Gasteiger partial charge in [-0.1, -0.05) is 32.0 Å². The molecule has 1 atom stereocenters. The van der Waals surface area contributed by atoms with Gasteiger partial charge < -0.3 is 10.5 Å². The molecular weight excluding hydrogens is 212 g/mol. The molecule has 0 radical (unpaired) electrons. The molecule has 0 bridgehead atoms. The molecule has 0 aliphatic heterocycles. The fourth-order valence-electron chi connectivity index (χ4n) is 1.62. The van der Waals surface area contributed by atoms with Crippen LogP contribution in [0.5, 0.6) is 5.75 Å². The zero-order valence-electron chi connectivity index (χ0n) is 9.49. The predicted molar refractivity (Wildman–Crippen MR) is 59.5 cm³/mol. The Labute approximate surface area is 94.4 Å². The fourth-order valence-corrected chi connectivity index (χ4v) is 1.62. The lowest BCUT2D eigenvalue weighted by Crippen LogP contribution is -2.15. The van der Waals surface area contributed by atoms with Gasteiger partial charge in [0.2, 0.25) is 0 Å². The Bertz CT molecular complexity index is 329. The van der Waals surface area contributed by atoms with Gasteiger partial charge in [0.05, 0.1) is 0 Å². The predicted octanol–water partition coefficient (Wildman–Crippen LogP) is 3.33. The zero-order valence-corrected chi connectivity index (χ0v) is 9.49. The Kier molecular flexibility index (Phi) is 4.68. The maximum absolute atomic E-state index is 12.2. The quantitative estimate of drug-likeness (QED) is 0.840. The lowest BCUT2D eigenvalue weighted by molar-refractivity contribution is -0.0506. The third kappa shape index (κ3) is 3.77. The second kappa shape index (κ2) is 5.80. The van der Waals surface area contributed by atoms with Gasteiger partial charge in [-0.15, -0.1) is 0 Å². The SMILES string of the molecule is CC(C)C[C@@H](N)c1ccccc1OC(F)F. The number of rotatable bonds is 5. The minimum Gasteiger partial charge on any atom is -0.434 e. The lowest BCUT2D eigenvalue weighted by atomic mass is 9.97. The van der Waals surface area contributed by atoms with Crippen LogP contribution in [0.3, 0.4) is 0 Å². The van der Waals surface area contributed by atoms with E-state index in [1.807, 2.05) is 13.8 Å². The standard InChI is InChI=1S/C12H17F2NO/c1-8(2)7-10(15)9-5-3-4-6-11(9)16-12(13)14/h3-6,8,10,12H,7,15H2,1-2H3/t10-/m1/s1. The van der Waals surface area contributed by atoms with Gasteiger partial charge in [-0.25, -0.2) is 0 Å². The molecule has 1 aromatic rings.